The van der Waals surface area contributed by atoms with Crippen molar-refractivity contribution in [1.29, 1.82) is 0 Å². The van der Waals surface area contributed by atoms with Crippen molar-refractivity contribution in [2.24, 2.45) is 5.92 Å². The molecule has 0 saturated carbocycles. The molecule has 1 aliphatic rings. The van der Waals surface area contributed by atoms with Gasteiger partial charge in [0, 0.05) is 19.7 Å². The zero-order chi connectivity index (χ0) is 12.1. The first-order valence-electron chi connectivity index (χ1n) is 6.29. The van der Waals surface area contributed by atoms with E-state index in [0.717, 1.165) is 38.3 Å². The lowest BCUT2D eigenvalue weighted by molar-refractivity contribution is 0.0547. The van der Waals surface area contributed by atoms with Gasteiger partial charge in [0.1, 0.15) is 5.82 Å². The van der Waals surface area contributed by atoms with Crippen LogP contribution in [-0.4, -0.2) is 19.8 Å². The van der Waals surface area contributed by atoms with Gasteiger partial charge in [-0.1, -0.05) is 12.1 Å². The molecule has 0 bridgehead atoms. The normalized spacial score (nSPS) is 20.5. The van der Waals surface area contributed by atoms with Gasteiger partial charge in [-0.2, -0.15) is 0 Å². The predicted octanol–water partition coefficient (Wildman–Crippen LogP) is 2.65. The van der Waals surface area contributed by atoms with Crippen LogP contribution in [0.5, 0.6) is 0 Å². The van der Waals surface area contributed by atoms with E-state index in [9.17, 15) is 4.39 Å². The Labute approximate surface area is 102 Å². The first-order chi connectivity index (χ1) is 8.25. The van der Waals surface area contributed by atoms with Gasteiger partial charge in [-0.3, -0.25) is 0 Å². The molecular formula is C14H20FNO. The largest absolute Gasteiger partial charge is 0.381 e. The van der Waals surface area contributed by atoms with Crippen LogP contribution in [0.2, 0.25) is 0 Å². The molecule has 0 amide bonds. The van der Waals surface area contributed by atoms with Gasteiger partial charge < -0.3 is 10.1 Å². The summed E-state index contributed by atoms with van der Waals surface area (Å²) in [7, 11) is 0. The fourth-order valence-corrected chi connectivity index (χ4v) is 2.14. The number of nitrogens with one attached hydrogen (secondary N) is 1. The van der Waals surface area contributed by atoms with E-state index in [4.69, 9.17) is 4.74 Å². The van der Waals surface area contributed by atoms with Gasteiger partial charge in [-0.25, -0.2) is 4.39 Å². The quantitative estimate of drug-likeness (QED) is 0.869. The molecular weight excluding hydrogens is 217 g/mol. The highest BCUT2D eigenvalue weighted by atomic mass is 19.1. The van der Waals surface area contributed by atoms with Gasteiger partial charge in [-0.15, -0.1) is 0 Å². The Kier molecular flexibility index (Phi) is 4.51. The summed E-state index contributed by atoms with van der Waals surface area (Å²) in [6, 6.07) is 5.42. The number of ether oxygens (including phenoxy) is 1. The Morgan fingerprint density at radius 1 is 1.47 bits per heavy atom. The van der Waals surface area contributed by atoms with Crippen molar-refractivity contribution in [3.05, 3.63) is 35.1 Å². The molecule has 1 N–H and O–H groups in total. The lowest BCUT2D eigenvalue weighted by atomic mass is 10.0. The van der Waals surface area contributed by atoms with E-state index in [1.54, 1.807) is 13.0 Å². The monoisotopic (exact) mass is 237 g/mol. The Balaban J connectivity index is 1.75. The maximum atomic E-state index is 13.3. The molecule has 0 spiro atoms. The van der Waals surface area contributed by atoms with Crippen LogP contribution in [-0.2, 0) is 11.3 Å². The van der Waals surface area contributed by atoms with Crippen LogP contribution in [0.25, 0.3) is 0 Å². The van der Waals surface area contributed by atoms with E-state index in [1.165, 1.54) is 6.42 Å². The van der Waals surface area contributed by atoms with Crippen molar-refractivity contribution in [2.45, 2.75) is 26.3 Å². The molecule has 1 atom stereocenters. The van der Waals surface area contributed by atoms with Crippen molar-refractivity contribution >= 4 is 0 Å². The van der Waals surface area contributed by atoms with E-state index in [2.05, 4.69) is 5.32 Å². The van der Waals surface area contributed by atoms with Crippen LogP contribution in [0.15, 0.2) is 18.2 Å². The maximum Gasteiger partial charge on any atom is 0.126 e. The predicted molar refractivity (Wildman–Crippen MR) is 66.4 cm³/mol. The highest BCUT2D eigenvalue weighted by Gasteiger charge is 2.12. The fraction of sp³-hybridized carbons (Fsp3) is 0.571. The lowest BCUT2D eigenvalue weighted by Crippen LogP contribution is -2.28. The van der Waals surface area contributed by atoms with E-state index in [1.807, 2.05) is 12.1 Å². The van der Waals surface area contributed by atoms with Crippen LogP contribution in [0.1, 0.15) is 24.0 Å². The molecule has 1 aromatic carbocycles. The van der Waals surface area contributed by atoms with Crippen molar-refractivity contribution < 1.29 is 9.13 Å². The van der Waals surface area contributed by atoms with Gasteiger partial charge in [0.2, 0.25) is 0 Å². The molecule has 0 radical (unpaired) electrons. The minimum atomic E-state index is -0.120. The van der Waals surface area contributed by atoms with Crippen LogP contribution in [0.3, 0.4) is 0 Å². The molecule has 1 unspecified atom stereocenters. The third kappa shape index (κ3) is 3.79. The summed E-state index contributed by atoms with van der Waals surface area (Å²) in [5.74, 6) is 0.490. The first-order valence-corrected chi connectivity index (χ1v) is 6.29. The van der Waals surface area contributed by atoms with Gasteiger partial charge >= 0.3 is 0 Å². The van der Waals surface area contributed by atoms with E-state index < -0.39 is 0 Å². The topological polar surface area (TPSA) is 21.3 Å². The smallest absolute Gasteiger partial charge is 0.126 e. The average molecular weight is 237 g/mol. The molecule has 0 aromatic heterocycles. The zero-order valence-corrected chi connectivity index (χ0v) is 10.3. The summed E-state index contributed by atoms with van der Waals surface area (Å²) < 4.78 is 18.7. The molecule has 1 fully saturated rings. The van der Waals surface area contributed by atoms with E-state index >= 15 is 0 Å². The number of rotatable bonds is 4. The number of aryl methyl sites for hydroxylation is 1. The summed E-state index contributed by atoms with van der Waals surface area (Å²) in [5.41, 5.74) is 1.71. The van der Waals surface area contributed by atoms with Crippen molar-refractivity contribution in [1.82, 2.24) is 5.32 Å². The fourth-order valence-electron chi connectivity index (χ4n) is 2.14. The van der Waals surface area contributed by atoms with Crippen LogP contribution in [0.4, 0.5) is 4.39 Å². The molecule has 17 heavy (non-hydrogen) atoms. The van der Waals surface area contributed by atoms with Crippen molar-refractivity contribution in [2.75, 3.05) is 19.8 Å². The number of hydrogen-bond acceptors (Lipinski definition) is 2. The van der Waals surface area contributed by atoms with Gasteiger partial charge in [0.25, 0.3) is 0 Å². The lowest BCUT2D eigenvalue weighted by Gasteiger charge is -2.22. The molecule has 1 aromatic rings. The summed E-state index contributed by atoms with van der Waals surface area (Å²) >= 11 is 0. The second kappa shape index (κ2) is 6.12. The summed E-state index contributed by atoms with van der Waals surface area (Å²) in [6.45, 7) is 5.23. The number of hydrogen-bond donors (Lipinski definition) is 1. The molecule has 3 heteroatoms. The Morgan fingerprint density at radius 2 is 2.35 bits per heavy atom. The second-order valence-electron chi connectivity index (χ2n) is 4.80. The van der Waals surface area contributed by atoms with E-state index in [-0.39, 0.29) is 5.82 Å². The van der Waals surface area contributed by atoms with E-state index in [0.29, 0.717) is 11.5 Å². The zero-order valence-electron chi connectivity index (χ0n) is 10.3. The molecule has 94 valence electrons. The Bertz CT molecular complexity index is 361. The molecule has 1 aliphatic heterocycles. The molecule has 0 aliphatic carbocycles. The van der Waals surface area contributed by atoms with Gasteiger partial charge in [0.05, 0.1) is 6.61 Å². The highest BCUT2D eigenvalue weighted by Crippen LogP contribution is 2.13. The number of halogens is 1. The maximum absolute atomic E-state index is 13.3. The minimum Gasteiger partial charge on any atom is -0.381 e. The SMILES string of the molecule is Cc1ccc(CNCC2CCCOC2)cc1F. The highest BCUT2D eigenvalue weighted by molar-refractivity contribution is 5.23. The van der Waals surface area contributed by atoms with Gasteiger partial charge in [-0.05, 0) is 42.9 Å². The Morgan fingerprint density at radius 3 is 3.06 bits per heavy atom. The Hall–Kier alpha value is -0.930. The third-order valence-electron chi connectivity index (χ3n) is 3.25. The third-order valence-corrected chi connectivity index (χ3v) is 3.25. The van der Waals surface area contributed by atoms with Crippen LogP contribution >= 0.6 is 0 Å². The van der Waals surface area contributed by atoms with Crippen LogP contribution < -0.4 is 5.32 Å². The minimum absolute atomic E-state index is 0.120. The second-order valence-corrected chi connectivity index (χ2v) is 4.80. The average Bonchev–Trinajstić information content (AvgIpc) is 2.35. The molecule has 2 rings (SSSR count). The van der Waals surface area contributed by atoms with Crippen molar-refractivity contribution in [3.63, 3.8) is 0 Å². The van der Waals surface area contributed by atoms with Gasteiger partial charge in [0.15, 0.2) is 0 Å². The first kappa shape index (κ1) is 12.5. The standard InChI is InChI=1S/C14H20FNO/c1-11-4-5-12(7-14(11)15)8-16-9-13-3-2-6-17-10-13/h4-5,7,13,16H,2-3,6,8-10H2,1H3. The summed E-state index contributed by atoms with van der Waals surface area (Å²) in [4.78, 5) is 0. The number of benzene rings is 1. The summed E-state index contributed by atoms with van der Waals surface area (Å²) in [5, 5.41) is 3.37. The molecule has 1 saturated heterocycles. The van der Waals surface area contributed by atoms with Crippen molar-refractivity contribution in [3.8, 4) is 0 Å². The molecule has 1 heterocycles. The molecule has 2 nitrogen and oxygen atoms in total. The van der Waals surface area contributed by atoms with Crippen LogP contribution in [0, 0.1) is 18.7 Å². The summed E-state index contributed by atoms with van der Waals surface area (Å²) in [6.07, 6.45) is 2.39.